The minimum absolute atomic E-state index is 0.00568. The second kappa shape index (κ2) is 6.79. The lowest BCUT2D eigenvalue weighted by atomic mass is 10.3. The van der Waals surface area contributed by atoms with Crippen LogP contribution in [0.25, 0.3) is 0 Å². The van der Waals surface area contributed by atoms with E-state index in [1.807, 2.05) is 0 Å². The lowest BCUT2D eigenvalue weighted by molar-refractivity contribution is -0.137. The van der Waals surface area contributed by atoms with Gasteiger partial charge in [-0.15, -0.1) is 12.3 Å². The zero-order chi connectivity index (χ0) is 12.7. The number of amides is 2. The van der Waals surface area contributed by atoms with Crippen molar-refractivity contribution in [2.24, 2.45) is 0 Å². The first-order valence-corrected chi connectivity index (χ1v) is 5.85. The Morgan fingerprint density at radius 2 is 2.18 bits per heavy atom. The van der Waals surface area contributed by atoms with Crippen LogP contribution in [0, 0.1) is 12.3 Å². The second-order valence-corrected chi connectivity index (χ2v) is 4.11. The van der Waals surface area contributed by atoms with E-state index in [0.717, 1.165) is 19.3 Å². The van der Waals surface area contributed by atoms with E-state index in [-0.39, 0.29) is 25.0 Å². The Kier molecular flexibility index (Phi) is 5.34. The van der Waals surface area contributed by atoms with Gasteiger partial charge in [0.1, 0.15) is 0 Å². The molecule has 1 fully saturated rings. The monoisotopic (exact) mass is 238 g/mol. The molecule has 1 aliphatic rings. The molecule has 5 nitrogen and oxygen atoms in total. The van der Waals surface area contributed by atoms with E-state index in [9.17, 15) is 9.59 Å². The van der Waals surface area contributed by atoms with Gasteiger partial charge in [0.15, 0.2) is 0 Å². The Bertz CT molecular complexity index is 318. The standard InChI is InChI=1S/C12H18N2O3/c1-2-3-4-8-13-12(17)14(10-5-6-10)9-7-11(15)16/h1,10H,3-9H2,(H,13,17)(H,15,16). The van der Waals surface area contributed by atoms with Gasteiger partial charge in [0, 0.05) is 25.6 Å². The SMILES string of the molecule is C#CCCCNC(=O)N(CCC(=O)O)C1CC1. The lowest BCUT2D eigenvalue weighted by Gasteiger charge is -2.21. The Balaban J connectivity index is 2.28. The van der Waals surface area contributed by atoms with Crippen LogP contribution in [0.5, 0.6) is 0 Å². The van der Waals surface area contributed by atoms with Crippen molar-refractivity contribution in [3.8, 4) is 12.3 Å². The lowest BCUT2D eigenvalue weighted by Crippen LogP contribution is -2.42. The Morgan fingerprint density at radius 1 is 1.47 bits per heavy atom. The highest BCUT2D eigenvalue weighted by atomic mass is 16.4. The van der Waals surface area contributed by atoms with Crippen molar-refractivity contribution in [2.45, 2.75) is 38.1 Å². The first kappa shape index (κ1) is 13.4. The number of nitrogens with one attached hydrogen (secondary N) is 1. The van der Waals surface area contributed by atoms with Crippen LogP contribution < -0.4 is 5.32 Å². The number of unbranched alkanes of at least 4 members (excludes halogenated alkanes) is 1. The molecule has 94 valence electrons. The molecule has 0 heterocycles. The number of rotatable bonds is 7. The molecule has 0 spiro atoms. The number of aliphatic carboxylic acids is 1. The zero-order valence-electron chi connectivity index (χ0n) is 9.82. The average molecular weight is 238 g/mol. The summed E-state index contributed by atoms with van der Waals surface area (Å²) in [5.41, 5.74) is 0. The smallest absolute Gasteiger partial charge is 0.317 e. The van der Waals surface area contributed by atoms with Crippen LogP contribution in [0.1, 0.15) is 32.1 Å². The fourth-order valence-electron chi connectivity index (χ4n) is 1.54. The third-order valence-electron chi connectivity index (χ3n) is 2.59. The van der Waals surface area contributed by atoms with Gasteiger partial charge in [-0.25, -0.2) is 4.79 Å². The van der Waals surface area contributed by atoms with Gasteiger partial charge in [-0.2, -0.15) is 0 Å². The third kappa shape index (κ3) is 5.25. The van der Waals surface area contributed by atoms with Crippen LogP contribution >= 0.6 is 0 Å². The second-order valence-electron chi connectivity index (χ2n) is 4.11. The van der Waals surface area contributed by atoms with E-state index in [1.165, 1.54) is 0 Å². The Labute approximate surface area is 101 Å². The minimum atomic E-state index is -0.879. The maximum absolute atomic E-state index is 11.8. The molecule has 1 aliphatic carbocycles. The van der Waals surface area contributed by atoms with Crippen molar-refractivity contribution in [3.63, 3.8) is 0 Å². The Morgan fingerprint density at radius 3 is 2.71 bits per heavy atom. The highest BCUT2D eigenvalue weighted by molar-refractivity contribution is 5.76. The predicted molar refractivity (Wildman–Crippen MR) is 63.4 cm³/mol. The van der Waals surface area contributed by atoms with Crippen LogP contribution in [0.2, 0.25) is 0 Å². The number of hydrogen-bond donors (Lipinski definition) is 2. The summed E-state index contributed by atoms with van der Waals surface area (Å²) < 4.78 is 0. The van der Waals surface area contributed by atoms with Crippen molar-refractivity contribution in [2.75, 3.05) is 13.1 Å². The number of carbonyl (C=O) groups is 2. The molecule has 0 aromatic heterocycles. The molecule has 0 radical (unpaired) electrons. The summed E-state index contributed by atoms with van der Waals surface area (Å²) >= 11 is 0. The van der Waals surface area contributed by atoms with E-state index >= 15 is 0 Å². The summed E-state index contributed by atoms with van der Waals surface area (Å²) in [6.07, 6.45) is 8.43. The van der Waals surface area contributed by atoms with Gasteiger partial charge in [0.2, 0.25) is 0 Å². The van der Waals surface area contributed by atoms with E-state index in [4.69, 9.17) is 11.5 Å². The quantitative estimate of drug-likeness (QED) is 0.514. The fourth-order valence-corrected chi connectivity index (χ4v) is 1.54. The van der Waals surface area contributed by atoms with Crippen molar-refractivity contribution in [3.05, 3.63) is 0 Å². The predicted octanol–water partition coefficient (Wildman–Crippen LogP) is 1.05. The molecule has 0 saturated heterocycles. The third-order valence-corrected chi connectivity index (χ3v) is 2.59. The van der Waals surface area contributed by atoms with Crippen LogP contribution in [0.15, 0.2) is 0 Å². The molecule has 0 bridgehead atoms. The van der Waals surface area contributed by atoms with Crippen molar-refractivity contribution in [1.82, 2.24) is 10.2 Å². The summed E-state index contributed by atoms with van der Waals surface area (Å²) in [5, 5.41) is 11.4. The van der Waals surface area contributed by atoms with Gasteiger partial charge < -0.3 is 15.3 Å². The van der Waals surface area contributed by atoms with Gasteiger partial charge in [0.25, 0.3) is 0 Å². The molecule has 17 heavy (non-hydrogen) atoms. The van der Waals surface area contributed by atoms with E-state index in [2.05, 4.69) is 11.2 Å². The maximum Gasteiger partial charge on any atom is 0.317 e. The summed E-state index contributed by atoms with van der Waals surface area (Å²) in [4.78, 5) is 23.9. The normalized spacial score (nSPS) is 13.8. The van der Waals surface area contributed by atoms with E-state index in [0.29, 0.717) is 13.0 Å². The van der Waals surface area contributed by atoms with Crippen LogP contribution in [-0.4, -0.2) is 41.1 Å². The first-order valence-electron chi connectivity index (χ1n) is 5.85. The zero-order valence-corrected chi connectivity index (χ0v) is 9.82. The Hall–Kier alpha value is -1.70. The topological polar surface area (TPSA) is 69.6 Å². The van der Waals surface area contributed by atoms with E-state index < -0.39 is 5.97 Å². The summed E-state index contributed by atoms with van der Waals surface area (Å²) in [7, 11) is 0. The number of carbonyl (C=O) groups excluding carboxylic acids is 1. The van der Waals surface area contributed by atoms with Crippen molar-refractivity contribution < 1.29 is 14.7 Å². The number of hydrogen-bond acceptors (Lipinski definition) is 2. The summed E-state index contributed by atoms with van der Waals surface area (Å²) in [6.45, 7) is 0.820. The average Bonchev–Trinajstić information content (AvgIpc) is 3.08. The molecular formula is C12H18N2O3. The number of terminal acetylenes is 1. The molecular weight excluding hydrogens is 220 g/mol. The van der Waals surface area contributed by atoms with Gasteiger partial charge in [0.05, 0.1) is 6.42 Å². The number of urea groups is 1. The maximum atomic E-state index is 11.8. The molecule has 5 heteroatoms. The number of nitrogens with zero attached hydrogens (tertiary/aromatic N) is 1. The number of carboxylic acid groups (broad SMARTS) is 1. The van der Waals surface area contributed by atoms with E-state index in [1.54, 1.807) is 4.90 Å². The van der Waals surface area contributed by atoms with Gasteiger partial charge in [-0.05, 0) is 19.3 Å². The minimum Gasteiger partial charge on any atom is -0.481 e. The molecule has 0 unspecified atom stereocenters. The van der Waals surface area contributed by atoms with Gasteiger partial charge >= 0.3 is 12.0 Å². The molecule has 2 N–H and O–H groups in total. The van der Waals surface area contributed by atoms with Gasteiger partial charge in [-0.3, -0.25) is 4.79 Å². The van der Waals surface area contributed by atoms with Crippen LogP contribution in [0.4, 0.5) is 4.79 Å². The molecule has 1 rings (SSSR count). The molecule has 0 aromatic carbocycles. The van der Waals surface area contributed by atoms with Crippen molar-refractivity contribution >= 4 is 12.0 Å². The van der Waals surface area contributed by atoms with Crippen molar-refractivity contribution in [1.29, 1.82) is 0 Å². The highest BCUT2D eigenvalue weighted by Crippen LogP contribution is 2.26. The molecule has 0 aromatic rings. The fraction of sp³-hybridized carbons (Fsp3) is 0.667. The highest BCUT2D eigenvalue weighted by Gasteiger charge is 2.32. The molecule has 2 amide bonds. The molecule has 0 aliphatic heterocycles. The molecule has 1 saturated carbocycles. The first-order chi connectivity index (χ1) is 8.15. The largest absolute Gasteiger partial charge is 0.481 e. The van der Waals surface area contributed by atoms with Crippen LogP contribution in [-0.2, 0) is 4.79 Å². The summed E-state index contributed by atoms with van der Waals surface area (Å²) in [5.74, 6) is 1.62. The molecule has 0 atom stereocenters. The number of carboxylic acids is 1. The van der Waals surface area contributed by atoms with Crippen LogP contribution in [0.3, 0.4) is 0 Å². The van der Waals surface area contributed by atoms with Gasteiger partial charge in [-0.1, -0.05) is 0 Å². The summed E-state index contributed by atoms with van der Waals surface area (Å²) in [6, 6.07) is 0.0488.